The van der Waals surface area contributed by atoms with Crippen LogP contribution in [0.3, 0.4) is 0 Å². The second-order valence-corrected chi connectivity index (χ2v) is 5.79. The van der Waals surface area contributed by atoms with Crippen LogP contribution < -0.4 is 10.6 Å². The summed E-state index contributed by atoms with van der Waals surface area (Å²) in [6, 6.07) is 7.40. The van der Waals surface area contributed by atoms with Crippen LogP contribution in [0.4, 0.5) is 0 Å². The summed E-state index contributed by atoms with van der Waals surface area (Å²) in [7, 11) is 0. The molecule has 0 fully saturated rings. The lowest BCUT2D eigenvalue weighted by molar-refractivity contribution is -0.119. The highest BCUT2D eigenvalue weighted by atomic mass is 32.2. The third-order valence-electron chi connectivity index (χ3n) is 3.15. The van der Waals surface area contributed by atoms with E-state index in [9.17, 15) is 9.59 Å². The summed E-state index contributed by atoms with van der Waals surface area (Å²) < 4.78 is 0. The minimum Gasteiger partial charge on any atom is -0.350 e. The molecule has 3 rings (SSSR count). The molecule has 1 aromatic heterocycles. The zero-order valence-corrected chi connectivity index (χ0v) is 12.6. The van der Waals surface area contributed by atoms with Crippen molar-refractivity contribution >= 4 is 39.6 Å². The lowest BCUT2D eigenvalue weighted by atomic mass is 10.2. The summed E-state index contributed by atoms with van der Waals surface area (Å²) in [5, 5.41) is 13.7. The summed E-state index contributed by atoms with van der Waals surface area (Å²) in [5.74, 6) is 0.455. The van der Waals surface area contributed by atoms with E-state index in [-0.39, 0.29) is 24.8 Å². The number of aromatic nitrogens is 2. The van der Waals surface area contributed by atoms with E-state index in [1.807, 2.05) is 24.3 Å². The molecule has 0 aliphatic carbocycles. The van der Waals surface area contributed by atoms with E-state index in [0.717, 1.165) is 23.2 Å². The third kappa shape index (κ3) is 3.28. The van der Waals surface area contributed by atoms with Gasteiger partial charge in [-0.2, -0.15) is 5.10 Å². The van der Waals surface area contributed by atoms with E-state index in [1.165, 1.54) is 11.8 Å². The van der Waals surface area contributed by atoms with Crippen molar-refractivity contribution in [3.63, 3.8) is 0 Å². The topological polar surface area (TPSA) is 99.2 Å². The molecule has 2 aromatic rings. The van der Waals surface area contributed by atoms with Crippen molar-refractivity contribution in [2.24, 2.45) is 4.99 Å². The fourth-order valence-electron chi connectivity index (χ4n) is 2.10. The van der Waals surface area contributed by atoms with Gasteiger partial charge < -0.3 is 10.6 Å². The van der Waals surface area contributed by atoms with Crippen LogP contribution in [-0.4, -0.2) is 46.0 Å². The number of benzene rings is 1. The number of carbonyl (C=O) groups excluding carboxylic acids is 2. The van der Waals surface area contributed by atoms with E-state index in [0.29, 0.717) is 10.9 Å². The number of nitrogens with one attached hydrogen (secondary N) is 3. The Hall–Kier alpha value is -2.35. The van der Waals surface area contributed by atoms with Gasteiger partial charge in [0.1, 0.15) is 0 Å². The fourth-order valence-corrected chi connectivity index (χ4v) is 2.85. The highest BCUT2D eigenvalue weighted by molar-refractivity contribution is 8.14. The molecule has 2 heterocycles. The average molecular weight is 317 g/mol. The monoisotopic (exact) mass is 317 g/mol. The average Bonchev–Trinajstić information content (AvgIpc) is 3.16. The van der Waals surface area contributed by atoms with E-state index in [2.05, 4.69) is 25.8 Å². The molecule has 1 aromatic carbocycles. The second kappa shape index (κ2) is 6.61. The molecule has 0 atom stereocenters. The van der Waals surface area contributed by atoms with E-state index in [1.54, 1.807) is 0 Å². The smallest absolute Gasteiger partial charge is 0.272 e. The number of carbonyl (C=O) groups is 2. The number of thioether (sulfide) groups is 1. The Morgan fingerprint density at radius 3 is 3.00 bits per heavy atom. The highest BCUT2D eigenvalue weighted by Crippen LogP contribution is 2.14. The van der Waals surface area contributed by atoms with Gasteiger partial charge >= 0.3 is 0 Å². The molecule has 0 saturated heterocycles. The Labute approximate surface area is 131 Å². The highest BCUT2D eigenvalue weighted by Gasteiger charge is 2.14. The molecule has 114 valence electrons. The Morgan fingerprint density at radius 2 is 2.18 bits per heavy atom. The van der Waals surface area contributed by atoms with Crippen molar-refractivity contribution in [1.29, 1.82) is 0 Å². The molecule has 0 spiro atoms. The SMILES string of the molecule is O=C(CCNC(=O)c1n[nH]c2ccccc12)NC1=NCCS1. The van der Waals surface area contributed by atoms with Gasteiger partial charge in [-0.15, -0.1) is 0 Å². The predicted molar refractivity (Wildman–Crippen MR) is 85.9 cm³/mol. The second-order valence-electron chi connectivity index (χ2n) is 4.71. The number of amidine groups is 1. The number of nitrogens with zero attached hydrogens (tertiary/aromatic N) is 2. The van der Waals surface area contributed by atoms with Crippen LogP contribution in [0.15, 0.2) is 29.3 Å². The first-order valence-corrected chi connectivity index (χ1v) is 7.91. The van der Waals surface area contributed by atoms with E-state index >= 15 is 0 Å². The molecular weight excluding hydrogens is 302 g/mol. The van der Waals surface area contributed by atoms with Crippen LogP contribution in [0.1, 0.15) is 16.9 Å². The maximum absolute atomic E-state index is 12.1. The number of aromatic amines is 1. The van der Waals surface area contributed by atoms with Crippen molar-refractivity contribution in [1.82, 2.24) is 20.8 Å². The van der Waals surface area contributed by atoms with Gasteiger partial charge in [0.05, 0.1) is 12.1 Å². The number of aliphatic imine (C=N–C) groups is 1. The van der Waals surface area contributed by atoms with Crippen molar-refractivity contribution in [2.75, 3.05) is 18.8 Å². The minimum atomic E-state index is -0.294. The van der Waals surface area contributed by atoms with Gasteiger partial charge in [-0.3, -0.25) is 19.7 Å². The first-order chi connectivity index (χ1) is 10.7. The number of hydrogen-bond acceptors (Lipinski definition) is 5. The molecule has 8 heteroatoms. The lowest BCUT2D eigenvalue weighted by Crippen LogP contribution is -2.32. The van der Waals surface area contributed by atoms with Gasteiger partial charge in [0.2, 0.25) is 5.91 Å². The minimum absolute atomic E-state index is 0.152. The predicted octanol–water partition coefficient (Wildman–Crippen LogP) is 0.902. The molecule has 3 N–H and O–H groups in total. The van der Waals surface area contributed by atoms with E-state index < -0.39 is 0 Å². The number of rotatable bonds is 4. The summed E-state index contributed by atoms with van der Waals surface area (Å²) in [5.41, 5.74) is 1.15. The van der Waals surface area contributed by atoms with Gasteiger partial charge in [0.15, 0.2) is 10.9 Å². The zero-order valence-electron chi connectivity index (χ0n) is 11.8. The van der Waals surface area contributed by atoms with Gasteiger partial charge in [0.25, 0.3) is 5.91 Å². The number of fused-ring (bicyclic) bond motifs is 1. The van der Waals surface area contributed by atoms with Crippen LogP contribution in [-0.2, 0) is 4.79 Å². The Bertz CT molecular complexity index is 740. The maximum Gasteiger partial charge on any atom is 0.272 e. The number of amides is 2. The molecule has 7 nitrogen and oxygen atoms in total. The molecular formula is C14H15N5O2S. The van der Waals surface area contributed by atoms with Crippen LogP contribution in [0.2, 0.25) is 0 Å². The molecule has 22 heavy (non-hydrogen) atoms. The summed E-state index contributed by atoms with van der Waals surface area (Å²) in [4.78, 5) is 27.9. The van der Waals surface area contributed by atoms with E-state index in [4.69, 9.17) is 0 Å². The molecule has 0 unspecified atom stereocenters. The molecule has 0 saturated carbocycles. The van der Waals surface area contributed by atoms with Gasteiger partial charge in [-0.05, 0) is 6.07 Å². The van der Waals surface area contributed by atoms with Gasteiger partial charge in [0, 0.05) is 24.1 Å². The summed E-state index contributed by atoms with van der Waals surface area (Å²) >= 11 is 1.53. The van der Waals surface area contributed by atoms with Crippen LogP contribution in [0, 0.1) is 0 Å². The van der Waals surface area contributed by atoms with Crippen molar-refractivity contribution in [2.45, 2.75) is 6.42 Å². The Balaban J connectivity index is 1.51. The standard InChI is InChI=1S/C14H15N5O2S/c20-11(17-14-16-7-8-22-14)5-6-15-13(21)12-9-3-1-2-4-10(9)18-19-12/h1-4H,5-8H2,(H,15,21)(H,18,19)(H,16,17,20). The normalized spacial score (nSPS) is 13.9. The first kappa shape index (κ1) is 14.6. The largest absolute Gasteiger partial charge is 0.350 e. The van der Waals surface area contributed by atoms with Crippen molar-refractivity contribution < 1.29 is 9.59 Å². The van der Waals surface area contributed by atoms with Gasteiger partial charge in [-0.25, -0.2) is 0 Å². The quantitative estimate of drug-likeness (QED) is 0.780. The van der Waals surface area contributed by atoms with Crippen LogP contribution >= 0.6 is 11.8 Å². The first-order valence-electron chi connectivity index (χ1n) is 6.92. The molecule has 1 aliphatic heterocycles. The molecule has 0 radical (unpaired) electrons. The third-order valence-corrected chi connectivity index (χ3v) is 4.05. The van der Waals surface area contributed by atoms with Gasteiger partial charge in [-0.1, -0.05) is 30.0 Å². The zero-order chi connectivity index (χ0) is 15.4. The summed E-state index contributed by atoms with van der Waals surface area (Å²) in [6.07, 6.45) is 0.202. The molecule has 0 bridgehead atoms. The Morgan fingerprint density at radius 1 is 1.32 bits per heavy atom. The number of para-hydroxylation sites is 1. The maximum atomic E-state index is 12.1. The lowest BCUT2D eigenvalue weighted by Gasteiger charge is -2.05. The molecule has 2 amide bonds. The van der Waals surface area contributed by atoms with Crippen LogP contribution in [0.25, 0.3) is 10.9 Å². The molecule has 1 aliphatic rings. The Kier molecular flexibility index (Phi) is 4.38. The number of H-pyrrole nitrogens is 1. The van der Waals surface area contributed by atoms with Crippen molar-refractivity contribution in [3.8, 4) is 0 Å². The van der Waals surface area contributed by atoms with Crippen LogP contribution in [0.5, 0.6) is 0 Å². The van der Waals surface area contributed by atoms with Crippen molar-refractivity contribution in [3.05, 3.63) is 30.0 Å². The number of hydrogen-bond donors (Lipinski definition) is 3. The summed E-state index contributed by atoms with van der Waals surface area (Å²) in [6.45, 7) is 0.993. The fraction of sp³-hybridized carbons (Fsp3) is 0.286.